The maximum Gasteiger partial charge on any atom is 0.223 e. The van der Waals surface area contributed by atoms with Gasteiger partial charge in [-0.1, -0.05) is 19.3 Å². The van der Waals surface area contributed by atoms with Gasteiger partial charge in [-0.15, -0.1) is 0 Å². The molecule has 1 saturated heterocycles. The molecule has 1 heterocycles. The van der Waals surface area contributed by atoms with Gasteiger partial charge in [0, 0.05) is 12.5 Å². The van der Waals surface area contributed by atoms with Crippen LogP contribution >= 0.6 is 0 Å². The summed E-state index contributed by atoms with van der Waals surface area (Å²) in [5, 5.41) is 2.95. The van der Waals surface area contributed by atoms with Gasteiger partial charge in [0.25, 0.3) is 0 Å². The molecule has 0 aromatic carbocycles. The maximum absolute atomic E-state index is 11.3. The normalized spacial score (nSPS) is 37.6. The molecule has 2 heteroatoms. The Morgan fingerprint density at radius 1 is 1.18 bits per heavy atom. The fraction of sp³-hybridized carbons (Fsp3) is 0.889. The molecule has 1 aliphatic carbocycles. The highest BCUT2D eigenvalue weighted by molar-refractivity contribution is 5.81. The van der Waals surface area contributed by atoms with E-state index in [1.165, 1.54) is 25.7 Å². The van der Waals surface area contributed by atoms with Crippen molar-refractivity contribution in [3.63, 3.8) is 0 Å². The average molecular weight is 153 g/mol. The van der Waals surface area contributed by atoms with Gasteiger partial charge < -0.3 is 5.32 Å². The highest BCUT2D eigenvalue weighted by Crippen LogP contribution is 2.31. The predicted octanol–water partition coefficient (Wildman–Crippen LogP) is 1.31. The van der Waals surface area contributed by atoms with Gasteiger partial charge in [-0.2, -0.15) is 0 Å². The maximum atomic E-state index is 11.3. The molecule has 1 saturated carbocycles. The molecule has 2 unspecified atom stereocenters. The first-order valence-corrected chi connectivity index (χ1v) is 4.65. The summed E-state index contributed by atoms with van der Waals surface area (Å²) < 4.78 is 0. The number of fused-ring (bicyclic) bond motifs is 1. The number of carbonyl (C=O) groups excluding carboxylic acids is 1. The van der Waals surface area contributed by atoms with Crippen molar-refractivity contribution in [2.75, 3.05) is 6.54 Å². The monoisotopic (exact) mass is 153 g/mol. The summed E-state index contributed by atoms with van der Waals surface area (Å²) in [5.41, 5.74) is 0. The van der Waals surface area contributed by atoms with E-state index in [0.717, 1.165) is 13.0 Å². The Morgan fingerprint density at radius 3 is 2.91 bits per heavy atom. The third-order valence-corrected chi connectivity index (χ3v) is 3.03. The number of hydrogen-bond acceptors (Lipinski definition) is 1. The molecule has 2 aliphatic rings. The van der Waals surface area contributed by atoms with Crippen molar-refractivity contribution in [1.29, 1.82) is 0 Å². The largest absolute Gasteiger partial charge is 0.356 e. The SMILES string of the molecule is O=C1NCC2CCCCCC12. The lowest BCUT2D eigenvalue weighted by Gasteiger charge is -2.10. The molecule has 1 N–H and O–H groups in total. The van der Waals surface area contributed by atoms with Gasteiger partial charge >= 0.3 is 0 Å². The van der Waals surface area contributed by atoms with E-state index >= 15 is 0 Å². The quantitative estimate of drug-likeness (QED) is 0.558. The Morgan fingerprint density at radius 2 is 2.00 bits per heavy atom. The zero-order valence-electron chi connectivity index (χ0n) is 6.81. The molecule has 0 spiro atoms. The molecule has 0 aromatic rings. The van der Waals surface area contributed by atoms with Crippen LogP contribution in [0.5, 0.6) is 0 Å². The van der Waals surface area contributed by atoms with Crippen LogP contribution in [0.4, 0.5) is 0 Å². The Balaban J connectivity index is 2.06. The summed E-state index contributed by atoms with van der Waals surface area (Å²) in [6, 6.07) is 0. The van der Waals surface area contributed by atoms with Crippen LogP contribution in [0.25, 0.3) is 0 Å². The van der Waals surface area contributed by atoms with Crippen molar-refractivity contribution in [3.05, 3.63) is 0 Å². The summed E-state index contributed by atoms with van der Waals surface area (Å²) in [5.74, 6) is 1.36. The van der Waals surface area contributed by atoms with Crippen LogP contribution in [0, 0.1) is 11.8 Å². The summed E-state index contributed by atoms with van der Waals surface area (Å²) in [6.07, 6.45) is 6.32. The van der Waals surface area contributed by atoms with Crippen molar-refractivity contribution in [2.45, 2.75) is 32.1 Å². The van der Waals surface area contributed by atoms with Crippen LogP contribution in [0.15, 0.2) is 0 Å². The van der Waals surface area contributed by atoms with Gasteiger partial charge in [-0.3, -0.25) is 4.79 Å². The van der Waals surface area contributed by atoms with E-state index in [9.17, 15) is 4.79 Å². The summed E-state index contributed by atoms with van der Waals surface area (Å²) >= 11 is 0. The van der Waals surface area contributed by atoms with Crippen molar-refractivity contribution < 1.29 is 4.79 Å². The van der Waals surface area contributed by atoms with E-state index in [-0.39, 0.29) is 0 Å². The second-order valence-electron chi connectivity index (χ2n) is 3.75. The number of hydrogen-bond donors (Lipinski definition) is 1. The Kier molecular flexibility index (Phi) is 1.84. The molecule has 62 valence electrons. The summed E-state index contributed by atoms with van der Waals surface area (Å²) in [6.45, 7) is 0.948. The van der Waals surface area contributed by atoms with Crippen LogP contribution in [0.1, 0.15) is 32.1 Å². The third kappa shape index (κ3) is 1.26. The van der Waals surface area contributed by atoms with Gasteiger partial charge in [-0.05, 0) is 18.8 Å². The van der Waals surface area contributed by atoms with E-state index < -0.39 is 0 Å². The molecule has 0 aromatic heterocycles. The zero-order valence-corrected chi connectivity index (χ0v) is 6.81. The van der Waals surface area contributed by atoms with Crippen molar-refractivity contribution in [3.8, 4) is 0 Å². The van der Waals surface area contributed by atoms with Gasteiger partial charge in [0.2, 0.25) is 5.91 Å². The number of nitrogens with one attached hydrogen (secondary N) is 1. The molecule has 1 aliphatic heterocycles. The molecule has 2 fully saturated rings. The van der Waals surface area contributed by atoms with E-state index in [2.05, 4.69) is 5.32 Å². The molecule has 2 nitrogen and oxygen atoms in total. The lowest BCUT2D eigenvalue weighted by molar-refractivity contribution is -0.123. The van der Waals surface area contributed by atoms with Crippen LogP contribution in [-0.2, 0) is 4.79 Å². The predicted molar refractivity (Wildman–Crippen MR) is 43.1 cm³/mol. The van der Waals surface area contributed by atoms with E-state index in [1.807, 2.05) is 0 Å². The minimum Gasteiger partial charge on any atom is -0.356 e. The van der Waals surface area contributed by atoms with Gasteiger partial charge in [0.1, 0.15) is 0 Å². The molecule has 2 rings (SSSR count). The Bertz CT molecular complexity index is 167. The number of rotatable bonds is 0. The highest BCUT2D eigenvalue weighted by atomic mass is 16.2. The molecule has 11 heavy (non-hydrogen) atoms. The first-order valence-electron chi connectivity index (χ1n) is 4.65. The lowest BCUT2D eigenvalue weighted by Crippen LogP contribution is -2.19. The first kappa shape index (κ1) is 7.14. The lowest BCUT2D eigenvalue weighted by atomic mass is 9.91. The molecular formula is C9H15NO. The summed E-state index contributed by atoms with van der Waals surface area (Å²) in [7, 11) is 0. The smallest absolute Gasteiger partial charge is 0.223 e. The molecular weight excluding hydrogens is 138 g/mol. The minimum atomic E-state index is 0.317. The van der Waals surface area contributed by atoms with E-state index in [1.54, 1.807) is 0 Å². The molecule has 1 amide bonds. The zero-order chi connectivity index (χ0) is 7.68. The van der Waals surface area contributed by atoms with Crippen LogP contribution < -0.4 is 5.32 Å². The topological polar surface area (TPSA) is 29.1 Å². The highest BCUT2D eigenvalue weighted by Gasteiger charge is 2.34. The third-order valence-electron chi connectivity index (χ3n) is 3.03. The second kappa shape index (κ2) is 2.84. The second-order valence-corrected chi connectivity index (χ2v) is 3.75. The molecule has 2 atom stereocenters. The van der Waals surface area contributed by atoms with Gasteiger partial charge in [-0.25, -0.2) is 0 Å². The van der Waals surface area contributed by atoms with Crippen LogP contribution in [0.3, 0.4) is 0 Å². The molecule has 0 bridgehead atoms. The van der Waals surface area contributed by atoms with Gasteiger partial charge in [0.05, 0.1) is 0 Å². The Labute approximate surface area is 67.4 Å². The van der Waals surface area contributed by atoms with Crippen molar-refractivity contribution in [1.82, 2.24) is 5.32 Å². The van der Waals surface area contributed by atoms with Crippen molar-refractivity contribution in [2.24, 2.45) is 11.8 Å². The van der Waals surface area contributed by atoms with Crippen molar-refractivity contribution >= 4 is 5.91 Å². The van der Waals surface area contributed by atoms with Crippen LogP contribution in [0.2, 0.25) is 0 Å². The number of carbonyl (C=O) groups is 1. The minimum absolute atomic E-state index is 0.317. The molecule has 0 radical (unpaired) electrons. The fourth-order valence-electron chi connectivity index (χ4n) is 2.34. The van der Waals surface area contributed by atoms with Gasteiger partial charge in [0.15, 0.2) is 0 Å². The summed E-state index contributed by atoms with van der Waals surface area (Å²) in [4.78, 5) is 11.3. The Hall–Kier alpha value is -0.530. The van der Waals surface area contributed by atoms with Crippen LogP contribution in [-0.4, -0.2) is 12.5 Å². The average Bonchev–Trinajstić information content (AvgIpc) is 2.25. The standard InChI is InChI=1S/C9H15NO/c11-9-8-5-3-1-2-4-7(8)6-10-9/h7-8H,1-6H2,(H,10,11). The van der Waals surface area contributed by atoms with E-state index in [4.69, 9.17) is 0 Å². The fourth-order valence-corrected chi connectivity index (χ4v) is 2.34. The number of amides is 1. The van der Waals surface area contributed by atoms with E-state index in [0.29, 0.717) is 17.7 Å². The first-order chi connectivity index (χ1) is 5.38.